The Hall–Kier alpha value is -1.70. The average Bonchev–Trinajstić information content (AvgIpc) is 3.14. The van der Waals surface area contributed by atoms with E-state index < -0.39 is 12.1 Å². The Kier molecular flexibility index (Phi) is 3.33. The summed E-state index contributed by atoms with van der Waals surface area (Å²) in [5.74, 6) is 1.16. The van der Waals surface area contributed by atoms with Crippen molar-refractivity contribution in [2.75, 3.05) is 11.9 Å². The summed E-state index contributed by atoms with van der Waals surface area (Å²) in [6.07, 6.45) is 3.80. The molecule has 1 unspecified atom stereocenters. The highest BCUT2D eigenvalue weighted by atomic mass is 32.1. The SMILES string of the molecule is O=C(Nc1nc(C2CC2)ns1)NC1CCCNC1=O. The van der Waals surface area contributed by atoms with E-state index in [0.717, 1.165) is 25.1 Å². The van der Waals surface area contributed by atoms with Gasteiger partial charge >= 0.3 is 6.03 Å². The maximum atomic E-state index is 11.8. The standard InChI is InChI=1S/C11H15N5O2S/c17-9-7(2-1-5-12-9)13-10(18)15-11-14-8(16-19-11)6-3-4-6/h6-7H,1-5H2,(H,12,17)(H2,13,14,15,16,18). The molecule has 102 valence electrons. The Balaban J connectivity index is 1.53. The van der Waals surface area contributed by atoms with Crippen LogP contribution in [0.2, 0.25) is 0 Å². The molecule has 19 heavy (non-hydrogen) atoms. The zero-order chi connectivity index (χ0) is 13.2. The van der Waals surface area contributed by atoms with Crippen LogP contribution in [0.15, 0.2) is 0 Å². The van der Waals surface area contributed by atoms with Crippen LogP contribution in [-0.4, -0.2) is 33.9 Å². The first-order valence-electron chi connectivity index (χ1n) is 6.41. The summed E-state index contributed by atoms with van der Waals surface area (Å²) in [4.78, 5) is 27.5. The van der Waals surface area contributed by atoms with E-state index in [1.54, 1.807) is 0 Å². The van der Waals surface area contributed by atoms with E-state index >= 15 is 0 Å². The number of amides is 3. The van der Waals surface area contributed by atoms with Crippen molar-refractivity contribution >= 4 is 28.6 Å². The number of carbonyl (C=O) groups is 2. The number of nitrogens with one attached hydrogen (secondary N) is 3. The van der Waals surface area contributed by atoms with Crippen molar-refractivity contribution in [3.05, 3.63) is 5.82 Å². The van der Waals surface area contributed by atoms with Gasteiger partial charge in [-0.25, -0.2) is 9.78 Å². The third kappa shape index (κ3) is 3.01. The summed E-state index contributed by atoms with van der Waals surface area (Å²) in [5, 5.41) is 8.48. The molecule has 0 spiro atoms. The van der Waals surface area contributed by atoms with E-state index in [9.17, 15) is 9.59 Å². The molecule has 2 fully saturated rings. The minimum absolute atomic E-state index is 0.127. The number of urea groups is 1. The van der Waals surface area contributed by atoms with Crippen LogP contribution in [0.5, 0.6) is 0 Å². The molecule has 0 bridgehead atoms. The van der Waals surface area contributed by atoms with Gasteiger partial charge in [-0.15, -0.1) is 0 Å². The molecular weight excluding hydrogens is 266 g/mol. The summed E-state index contributed by atoms with van der Waals surface area (Å²) in [5.41, 5.74) is 0. The fourth-order valence-corrected chi connectivity index (χ4v) is 2.64. The lowest BCUT2D eigenvalue weighted by molar-refractivity contribution is -0.124. The molecule has 7 nitrogen and oxygen atoms in total. The molecule has 1 saturated heterocycles. The van der Waals surface area contributed by atoms with Crippen LogP contribution in [0.25, 0.3) is 0 Å². The highest BCUT2D eigenvalue weighted by molar-refractivity contribution is 7.09. The predicted molar refractivity (Wildman–Crippen MR) is 70.1 cm³/mol. The fourth-order valence-electron chi connectivity index (χ4n) is 1.99. The number of carbonyl (C=O) groups excluding carboxylic acids is 2. The summed E-state index contributed by atoms with van der Waals surface area (Å²) in [6.45, 7) is 0.680. The van der Waals surface area contributed by atoms with Crippen molar-refractivity contribution in [1.82, 2.24) is 20.0 Å². The second kappa shape index (κ2) is 5.12. The molecule has 1 aromatic rings. The molecule has 3 N–H and O–H groups in total. The molecule has 3 amide bonds. The zero-order valence-electron chi connectivity index (χ0n) is 10.3. The highest BCUT2D eigenvalue weighted by Crippen LogP contribution is 2.39. The van der Waals surface area contributed by atoms with E-state index in [0.29, 0.717) is 24.0 Å². The van der Waals surface area contributed by atoms with E-state index in [1.165, 1.54) is 11.5 Å². The van der Waals surface area contributed by atoms with Crippen molar-refractivity contribution < 1.29 is 9.59 Å². The molecule has 3 rings (SSSR count). The predicted octanol–water partition coefficient (Wildman–Crippen LogP) is 0.816. The number of hydrogen-bond donors (Lipinski definition) is 3. The van der Waals surface area contributed by atoms with Gasteiger partial charge in [-0.3, -0.25) is 10.1 Å². The molecule has 2 heterocycles. The monoisotopic (exact) mass is 281 g/mol. The third-order valence-corrected chi connectivity index (χ3v) is 3.84. The van der Waals surface area contributed by atoms with Crippen molar-refractivity contribution in [3.8, 4) is 0 Å². The van der Waals surface area contributed by atoms with Crippen LogP contribution in [0.4, 0.5) is 9.93 Å². The van der Waals surface area contributed by atoms with Crippen molar-refractivity contribution in [3.63, 3.8) is 0 Å². The Morgan fingerprint density at radius 3 is 2.95 bits per heavy atom. The summed E-state index contributed by atoms with van der Waals surface area (Å²) in [7, 11) is 0. The highest BCUT2D eigenvalue weighted by Gasteiger charge is 2.28. The van der Waals surface area contributed by atoms with Gasteiger partial charge in [0.25, 0.3) is 0 Å². The largest absolute Gasteiger partial charge is 0.354 e. The first-order chi connectivity index (χ1) is 9.22. The second-order valence-corrected chi connectivity index (χ2v) is 5.57. The van der Waals surface area contributed by atoms with Crippen LogP contribution >= 0.6 is 11.5 Å². The number of rotatable bonds is 3. The van der Waals surface area contributed by atoms with Gasteiger partial charge in [0.1, 0.15) is 11.9 Å². The van der Waals surface area contributed by atoms with Gasteiger partial charge < -0.3 is 10.6 Å². The Labute approximate surface area is 114 Å². The van der Waals surface area contributed by atoms with Crippen LogP contribution < -0.4 is 16.0 Å². The first kappa shape index (κ1) is 12.3. The second-order valence-electron chi connectivity index (χ2n) is 4.82. The van der Waals surface area contributed by atoms with Gasteiger partial charge in [-0.05, 0) is 25.7 Å². The van der Waals surface area contributed by atoms with Crippen LogP contribution in [0.3, 0.4) is 0 Å². The Morgan fingerprint density at radius 2 is 2.21 bits per heavy atom. The summed E-state index contributed by atoms with van der Waals surface area (Å²) < 4.78 is 4.20. The molecule has 0 radical (unpaired) electrons. The number of aromatic nitrogens is 2. The van der Waals surface area contributed by atoms with Crippen LogP contribution in [-0.2, 0) is 4.79 Å². The topological polar surface area (TPSA) is 96.0 Å². The van der Waals surface area contributed by atoms with Gasteiger partial charge in [0, 0.05) is 24.0 Å². The Morgan fingerprint density at radius 1 is 1.37 bits per heavy atom. The maximum absolute atomic E-state index is 11.8. The lowest BCUT2D eigenvalue weighted by Gasteiger charge is -2.22. The number of nitrogens with zero attached hydrogens (tertiary/aromatic N) is 2. The molecule has 1 aliphatic carbocycles. The smallest absolute Gasteiger partial charge is 0.321 e. The number of hydrogen-bond acceptors (Lipinski definition) is 5. The minimum Gasteiger partial charge on any atom is -0.354 e. The molecule has 1 saturated carbocycles. The van der Waals surface area contributed by atoms with Crippen molar-refractivity contribution in [1.29, 1.82) is 0 Å². The lowest BCUT2D eigenvalue weighted by atomic mass is 10.1. The van der Waals surface area contributed by atoms with Crippen molar-refractivity contribution in [2.45, 2.75) is 37.6 Å². The van der Waals surface area contributed by atoms with Crippen molar-refractivity contribution in [2.24, 2.45) is 0 Å². The molecule has 1 atom stereocenters. The number of anilines is 1. The lowest BCUT2D eigenvalue weighted by Crippen LogP contribution is -2.51. The van der Waals surface area contributed by atoms with E-state index in [4.69, 9.17) is 0 Å². The number of piperidine rings is 1. The zero-order valence-corrected chi connectivity index (χ0v) is 11.1. The molecular formula is C11H15N5O2S. The first-order valence-corrected chi connectivity index (χ1v) is 7.18. The van der Waals surface area contributed by atoms with Crippen LogP contribution in [0, 0.1) is 0 Å². The van der Waals surface area contributed by atoms with Gasteiger partial charge in [-0.2, -0.15) is 4.37 Å². The van der Waals surface area contributed by atoms with E-state index in [1.807, 2.05) is 0 Å². The Bertz CT molecular complexity index is 499. The van der Waals surface area contributed by atoms with E-state index in [2.05, 4.69) is 25.3 Å². The van der Waals surface area contributed by atoms with Gasteiger partial charge in [0.05, 0.1) is 0 Å². The van der Waals surface area contributed by atoms with E-state index in [-0.39, 0.29) is 5.91 Å². The van der Waals surface area contributed by atoms with Crippen LogP contribution in [0.1, 0.15) is 37.4 Å². The summed E-state index contributed by atoms with van der Waals surface area (Å²) in [6, 6.07) is -0.856. The molecule has 2 aliphatic rings. The van der Waals surface area contributed by atoms with Gasteiger partial charge in [0.15, 0.2) is 0 Å². The molecule has 0 aromatic carbocycles. The molecule has 8 heteroatoms. The molecule has 1 aromatic heterocycles. The maximum Gasteiger partial charge on any atom is 0.321 e. The molecule has 1 aliphatic heterocycles. The quantitative estimate of drug-likeness (QED) is 0.764. The normalized spacial score (nSPS) is 22.7. The van der Waals surface area contributed by atoms with Gasteiger partial charge in [0.2, 0.25) is 11.0 Å². The van der Waals surface area contributed by atoms with Gasteiger partial charge in [-0.1, -0.05) is 0 Å². The average molecular weight is 281 g/mol. The summed E-state index contributed by atoms with van der Waals surface area (Å²) >= 11 is 1.18. The minimum atomic E-state index is -0.454. The third-order valence-electron chi connectivity index (χ3n) is 3.20. The fraction of sp³-hybridized carbons (Fsp3) is 0.636.